The molecule has 166 valence electrons. The SMILES string of the molecule is I.II.O=[N+]([O-])O.O=[N+]([O-])OCCC(O)CO[N+](=O)[O-].OCCC(O)CO. The number of hydrogen-bond donors (Lipinski definition) is 5. The lowest BCUT2D eigenvalue weighted by Crippen LogP contribution is -2.20. The molecule has 0 aliphatic heterocycles. The predicted octanol–water partition coefficient (Wildman–Crippen LogP) is -0.0823. The fourth-order valence-electron chi connectivity index (χ4n) is 0.734. The lowest BCUT2D eigenvalue weighted by molar-refractivity contribution is -0.762. The monoisotopic (exact) mass is 747 g/mol. The van der Waals surface area contributed by atoms with Crippen LogP contribution in [0.15, 0.2) is 0 Å². The van der Waals surface area contributed by atoms with Gasteiger partial charge in [0.25, 0.3) is 15.3 Å². The number of aliphatic hydroxyl groups is 4. The average Bonchev–Trinajstić information content (AvgIpc) is 2.54. The predicted molar refractivity (Wildman–Crippen MR) is 114 cm³/mol. The van der Waals surface area contributed by atoms with Gasteiger partial charge in [0, 0.05) is 43.8 Å². The van der Waals surface area contributed by atoms with Crippen LogP contribution in [0.5, 0.6) is 0 Å². The number of rotatable bonds is 10. The first-order chi connectivity index (χ1) is 12.1. The van der Waals surface area contributed by atoms with E-state index in [1.165, 1.54) is 0 Å². The molecule has 0 saturated carbocycles. The minimum absolute atomic E-state index is 0. The molecule has 0 rings (SSSR count). The van der Waals surface area contributed by atoms with Gasteiger partial charge in [-0.25, -0.2) is 0 Å². The van der Waals surface area contributed by atoms with Crippen molar-refractivity contribution in [1.82, 2.24) is 0 Å². The van der Waals surface area contributed by atoms with Gasteiger partial charge in [0.2, 0.25) is 0 Å². The Hall–Kier alpha value is -0.370. The Balaban J connectivity index is -0.0000000974. The van der Waals surface area contributed by atoms with E-state index >= 15 is 0 Å². The van der Waals surface area contributed by atoms with E-state index in [2.05, 4.69) is 46.9 Å². The van der Waals surface area contributed by atoms with E-state index in [0.717, 1.165) is 0 Å². The first-order valence-electron chi connectivity index (χ1n) is 6.16. The maximum atomic E-state index is 9.62. The standard InChI is InChI=1S/C4H8N2O7.C4H10O3.I2.HI.HNO3/c7-4(3-13-6(10)11)1-2-12-5(8)9;5-2-1-4(7)3-6;1-2;;2-1(3)4/h4,7H,1-3H2;4-7H,1-3H2;;1H;(H,2,3,4). The van der Waals surface area contributed by atoms with Gasteiger partial charge in [0.1, 0.15) is 6.61 Å². The van der Waals surface area contributed by atoms with Gasteiger partial charge in [-0.15, -0.1) is 54.3 Å². The van der Waals surface area contributed by atoms with E-state index in [9.17, 15) is 20.2 Å². The third-order valence-corrected chi connectivity index (χ3v) is 1.69. The van der Waals surface area contributed by atoms with Crippen LogP contribution in [-0.2, 0) is 9.68 Å². The van der Waals surface area contributed by atoms with Crippen LogP contribution < -0.4 is 0 Å². The Morgan fingerprint density at radius 1 is 0.889 bits per heavy atom. The zero-order valence-electron chi connectivity index (χ0n) is 13.4. The van der Waals surface area contributed by atoms with Gasteiger partial charge in [-0.3, -0.25) is 0 Å². The van der Waals surface area contributed by atoms with Crippen molar-refractivity contribution < 1.29 is 50.6 Å². The Morgan fingerprint density at radius 3 is 1.56 bits per heavy atom. The average molecular weight is 747 g/mol. The van der Waals surface area contributed by atoms with Crippen molar-refractivity contribution in [1.29, 1.82) is 0 Å². The molecule has 0 amide bonds. The van der Waals surface area contributed by atoms with E-state index in [1.807, 2.05) is 0 Å². The van der Waals surface area contributed by atoms with Crippen LogP contribution in [0.4, 0.5) is 0 Å². The molecule has 0 radical (unpaired) electrons. The molecule has 0 fully saturated rings. The molecule has 5 N–H and O–H groups in total. The third-order valence-electron chi connectivity index (χ3n) is 1.69. The summed E-state index contributed by atoms with van der Waals surface area (Å²) in [5, 5.41) is 64.3. The molecule has 0 aromatic carbocycles. The third kappa shape index (κ3) is 58.6. The van der Waals surface area contributed by atoms with E-state index < -0.39 is 34.1 Å². The molecule has 16 nitrogen and oxygen atoms in total. The highest BCUT2D eigenvalue weighted by Gasteiger charge is 2.07. The second-order valence-electron chi connectivity index (χ2n) is 3.61. The molecule has 0 saturated heterocycles. The number of aliphatic hydroxyl groups excluding tert-OH is 4. The fraction of sp³-hybridized carbons (Fsp3) is 1.00. The summed E-state index contributed by atoms with van der Waals surface area (Å²) in [6.45, 7) is -1.17. The Kier molecular flexibility index (Phi) is 42.0. The fourth-order valence-corrected chi connectivity index (χ4v) is 0.734. The Labute approximate surface area is 192 Å². The van der Waals surface area contributed by atoms with Gasteiger partial charge >= 0.3 is 0 Å². The highest BCUT2D eigenvalue weighted by Crippen LogP contribution is 1.93. The lowest BCUT2D eigenvalue weighted by atomic mass is 10.3. The molecule has 2 atom stereocenters. The first-order valence-corrected chi connectivity index (χ1v) is 12.4. The first kappa shape index (κ1) is 37.4. The largest absolute Gasteiger partial charge is 0.396 e. The summed E-state index contributed by atoms with van der Waals surface area (Å²) in [6, 6.07) is 0. The lowest BCUT2D eigenvalue weighted by Gasteiger charge is -2.07. The topological polar surface area (TPSA) is 249 Å². The summed E-state index contributed by atoms with van der Waals surface area (Å²) in [5.41, 5.74) is 0. The second-order valence-corrected chi connectivity index (χ2v) is 3.61. The van der Waals surface area contributed by atoms with E-state index in [4.69, 9.17) is 35.7 Å². The van der Waals surface area contributed by atoms with E-state index in [1.54, 1.807) is 0 Å². The minimum Gasteiger partial charge on any atom is -0.396 e. The van der Waals surface area contributed by atoms with Crippen LogP contribution in [0.3, 0.4) is 0 Å². The van der Waals surface area contributed by atoms with Gasteiger partial charge in [0.05, 0.1) is 25.4 Å². The number of halogens is 3. The molecule has 0 heterocycles. The summed E-state index contributed by atoms with van der Waals surface area (Å²) >= 11 is 4.24. The molecule has 0 aromatic heterocycles. The van der Waals surface area contributed by atoms with Crippen LogP contribution in [0.2, 0.25) is 0 Å². The summed E-state index contributed by atoms with van der Waals surface area (Å²) in [5.74, 6) is 0. The molecular formula is C8H20I3N3O13. The van der Waals surface area contributed by atoms with E-state index in [-0.39, 0.29) is 56.6 Å². The van der Waals surface area contributed by atoms with Crippen LogP contribution >= 0.6 is 61.2 Å². The number of hydrogen-bond acceptors (Lipinski definition) is 12. The zero-order valence-corrected chi connectivity index (χ0v) is 20.1. The molecular weight excluding hydrogens is 727 g/mol. The van der Waals surface area contributed by atoms with Crippen LogP contribution in [-0.4, -0.2) is 79.5 Å². The molecule has 19 heteroatoms. The molecule has 0 bridgehead atoms. The molecule has 0 aromatic rings. The zero-order chi connectivity index (χ0) is 21.5. The minimum atomic E-state index is -1.50. The quantitative estimate of drug-likeness (QED) is 0.112. The van der Waals surface area contributed by atoms with Crippen LogP contribution in [0.25, 0.3) is 0 Å². The number of nitrogens with zero attached hydrogens (tertiary/aromatic N) is 3. The normalized spacial score (nSPS) is 10.4. The molecule has 27 heavy (non-hydrogen) atoms. The Bertz CT molecular complexity index is 351. The van der Waals surface area contributed by atoms with Crippen molar-refractivity contribution in [2.24, 2.45) is 0 Å². The maximum absolute atomic E-state index is 9.62. The van der Waals surface area contributed by atoms with Gasteiger partial charge in [-0.1, -0.05) is 0 Å². The van der Waals surface area contributed by atoms with Crippen molar-refractivity contribution in [3.63, 3.8) is 0 Å². The summed E-state index contributed by atoms with van der Waals surface area (Å²) < 4.78 is 0. The summed E-state index contributed by atoms with van der Waals surface area (Å²) in [7, 11) is 0. The smallest absolute Gasteiger partial charge is 0.294 e. The summed E-state index contributed by atoms with van der Waals surface area (Å²) in [6.07, 6.45) is -1.74. The van der Waals surface area contributed by atoms with Crippen molar-refractivity contribution >= 4 is 61.2 Å². The van der Waals surface area contributed by atoms with Crippen molar-refractivity contribution in [2.75, 3.05) is 26.4 Å². The van der Waals surface area contributed by atoms with Crippen molar-refractivity contribution in [3.05, 3.63) is 30.3 Å². The molecule has 0 spiro atoms. The highest BCUT2D eigenvalue weighted by molar-refractivity contribution is 15.0. The molecule has 2 unspecified atom stereocenters. The van der Waals surface area contributed by atoms with Crippen LogP contribution in [0, 0.1) is 30.3 Å². The maximum Gasteiger partial charge on any atom is 0.294 e. The summed E-state index contributed by atoms with van der Waals surface area (Å²) in [4.78, 5) is 35.3. The van der Waals surface area contributed by atoms with Gasteiger partial charge < -0.3 is 35.3 Å². The van der Waals surface area contributed by atoms with Gasteiger partial charge in [-0.05, 0) is 12.8 Å². The van der Waals surface area contributed by atoms with E-state index in [0.29, 0.717) is 0 Å². The van der Waals surface area contributed by atoms with Crippen LogP contribution in [0.1, 0.15) is 12.8 Å². The molecule has 0 aliphatic carbocycles. The second kappa shape index (κ2) is 30.4. The van der Waals surface area contributed by atoms with Gasteiger partial charge in [0.15, 0.2) is 0 Å². The highest BCUT2D eigenvalue weighted by atomic mass is 128. The van der Waals surface area contributed by atoms with Gasteiger partial charge in [-0.2, -0.15) is 0 Å². The van der Waals surface area contributed by atoms with Crippen molar-refractivity contribution in [2.45, 2.75) is 25.0 Å². The molecule has 0 aliphatic rings. The van der Waals surface area contributed by atoms with Crippen molar-refractivity contribution in [3.8, 4) is 0 Å². The Morgan fingerprint density at radius 2 is 1.30 bits per heavy atom.